The van der Waals surface area contributed by atoms with Crippen LogP contribution in [-0.4, -0.2) is 49.2 Å². The maximum Gasteiger partial charge on any atom is 0.287 e. The van der Waals surface area contributed by atoms with E-state index in [-0.39, 0.29) is 30.4 Å². The van der Waals surface area contributed by atoms with Crippen molar-refractivity contribution in [2.75, 3.05) is 27.2 Å². The molecule has 0 bridgehead atoms. The first kappa shape index (κ1) is 20.4. The number of benzene rings is 2. The molecule has 1 aromatic heterocycles. The summed E-state index contributed by atoms with van der Waals surface area (Å²) in [5.74, 6) is -0.409. The Morgan fingerprint density at radius 2 is 1.79 bits per heavy atom. The molecule has 0 unspecified atom stereocenters. The summed E-state index contributed by atoms with van der Waals surface area (Å²) in [5.41, 5.74) is 3.27. The van der Waals surface area contributed by atoms with Crippen LogP contribution in [0, 0.1) is 0 Å². The SMILES string of the molecule is CN(C)Cc1c(C(=O)NCCOc2ccccc2C(=O)NO)oc2ccccc12. The van der Waals surface area contributed by atoms with Gasteiger partial charge in [0.25, 0.3) is 11.8 Å². The molecule has 0 aliphatic carbocycles. The number of rotatable bonds is 8. The van der Waals surface area contributed by atoms with Crippen LogP contribution in [0.2, 0.25) is 0 Å². The van der Waals surface area contributed by atoms with E-state index in [9.17, 15) is 9.59 Å². The Morgan fingerprint density at radius 1 is 1.07 bits per heavy atom. The number of nitrogens with one attached hydrogen (secondary N) is 2. The third kappa shape index (κ3) is 4.74. The van der Waals surface area contributed by atoms with E-state index in [4.69, 9.17) is 14.4 Å². The first-order chi connectivity index (χ1) is 14.0. The van der Waals surface area contributed by atoms with Crippen molar-refractivity contribution in [3.63, 3.8) is 0 Å². The molecule has 8 heteroatoms. The van der Waals surface area contributed by atoms with Crippen LogP contribution < -0.4 is 15.5 Å². The standard InChI is InChI=1S/C21H23N3O5/c1-24(2)13-16-14-7-3-6-10-18(14)29-19(16)21(26)22-11-12-28-17-9-5-4-8-15(17)20(25)23-27/h3-10,27H,11-13H2,1-2H3,(H,22,26)(H,23,25). The summed E-state index contributed by atoms with van der Waals surface area (Å²) in [5, 5.41) is 12.5. The molecule has 3 aromatic rings. The number of fused-ring (bicyclic) bond motifs is 1. The third-order valence-electron chi connectivity index (χ3n) is 4.26. The van der Waals surface area contributed by atoms with Crippen LogP contribution in [0.1, 0.15) is 26.5 Å². The number of furan rings is 1. The van der Waals surface area contributed by atoms with Gasteiger partial charge in [0, 0.05) is 17.5 Å². The van der Waals surface area contributed by atoms with Crippen LogP contribution in [0.5, 0.6) is 5.75 Å². The Bertz CT molecular complexity index is 1010. The van der Waals surface area contributed by atoms with E-state index >= 15 is 0 Å². The zero-order valence-electron chi connectivity index (χ0n) is 16.3. The van der Waals surface area contributed by atoms with E-state index in [0.717, 1.165) is 10.9 Å². The molecule has 0 saturated carbocycles. The van der Waals surface area contributed by atoms with Gasteiger partial charge in [-0.05, 0) is 32.3 Å². The maximum atomic E-state index is 12.7. The van der Waals surface area contributed by atoms with Gasteiger partial charge in [0.1, 0.15) is 17.9 Å². The second-order valence-electron chi connectivity index (χ2n) is 6.69. The van der Waals surface area contributed by atoms with Gasteiger partial charge < -0.3 is 19.4 Å². The van der Waals surface area contributed by atoms with Crippen LogP contribution in [0.3, 0.4) is 0 Å². The topological polar surface area (TPSA) is 104 Å². The van der Waals surface area contributed by atoms with Crippen molar-refractivity contribution in [2.45, 2.75) is 6.54 Å². The van der Waals surface area contributed by atoms with Crippen LogP contribution >= 0.6 is 0 Å². The van der Waals surface area contributed by atoms with Gasteiger partial charge in [0.05, 0.1) is 12.1 Å². The number of hydrogen-bond acceptors (Lipinski definition) is 6. The molecule has 0 aliphatic heterocycles. The van der Waals surface area contributed by atoms with Crippen molar-refractivity contribution < 1.29 is 24.0 Å². The van der Waals surface area contributed by atoms with Crippen LogP contribution in [0.25, 0.3) is 11.0 Å². The lowest BCUT2D eigenvalue weighted by molar-refractivity contribution is 0.0701. The van der Waals surface area contributed by atoms with E-state index in [1.165, 1.54) is 6.07 Å². The van der Waals surface area contributed by atoms with Crippen LogP contribution in [0.15, 0.2) is 52.9 Å². The number of carbonyl (C=O) groups excluding carboxylic acids is 2. The molecule has 0 fully saturated rings. The first-order valence-electron chi connectivity index (χ1n) is 9.11. The zero-order valence-corrected chi connectivity index (χ0v) is 16.3. The summed E-state index contributed by atoms with van der Waals surface area (Å²) in [6, 6.07) is 14.0. The lowest BCUT2D eigenvalue weighted by Gasteiger charge is -2.12. The van der Waals surface area contributed by atoms with Gasteiger partial charge in [0.2, 0.25) is 0 Å². The molecule has 3 N–H and O–H groups in total. The number of hydroxylamine groups is 1. The Labute approximate surface area is 168 Å². The van der Waals surface area contributed by atoms with Gasteiger partial charge in [-0.2, -0.15) is 0 Å². The minimum Gasteiger partial charge on any atom is -0.491 e. The molecule has 152 valence electrons. The number of ether oxygens (including phenoxy) is 1. The summed E-state index contributed by atoms with van der Waals surface area (Å²) in [6.45, 7) is 0.928. The Kier molecular flexibility index (Phi) is 6.48. The number of carbonyl (C=O) groups is 2. The highest BCUT2D eigenvalue weighted by molar-refractivity contribution is 5.99. The predicted molar refractivity (Wildman–Crippen MR) is 107 cm³/mol. The number of nitrogens with zero attached hydrogens (tertiary/aromatic N) is 1. The average molecular weight is 397 g/mol. The van der Waals surface area contributed by atoms with Gasteiger partial charge in [-0.1, -0.05) is 30.3 Å². The molecule has 1 heterocycles. The minimum atomic E-state index is -0.666. The van der Waals surface area contributed by atoms with E-state index < -0.39 is 5.91 Å². The van der Waals surface area contributed by atoms with Crippen molar-refractivity contribution in [1.29, 1.82) is 0 Å². The van der Waals surface area contributed by atoms with E-state index in [0.29, 0.717) is 17.9 Å². The summed E-state index contributed by atoms with van der Waals surface area (Å²) in [6.07, 6.45) is 0. The van der Waals surface area contributed by atoms with Gasteiger partial charge >= 0.3 is 0 Å². The Morgan fingerprint density at radius 3 is 2.55 bits per heavy atom. The Balaban J connectivity index is 1.66. The fourth-order valence-corrected chi connectivity index (χ4v) is 3.00. The molecule has 0 radical (unpaired) electrons. The monoisotopic (exact) mass is 397 g/mol. The lowest BCUT2D eigenvalue weighted by atomic mass is 10.1. The van der Waals surface area contributed by atoms with Crippen LogP contribution in [0.4, 0.5) is 0 Å². The molecule has 0 atom stereocenters. The fourth-order valence-electron chi connectivity index (χ4n) is 3.00. The number of hydrogen-bond donors (Lipinski definition) is 3. The highest BCUT2D eigenvalue weighted by atomic mass is 16.5. The molecule has 0 aliphatic rings. The summed E-state index contributed by atoms with van der Waals surface area (Å²) >= 11 is 0. The zero-order chi connectivity index (χ0) is 20.8. The molecule has 29 heavy (non-hydrogen) atoms. The van der Waals surface area contributed by atoms with E-state index in [2.05, 4.69) is 5.32 Å². The molecule has 0 spiro atoms. The highest BCUT2D eigenvalue weighted by Crippen LogP contribution is 2.26. The quantitative estimate of drug-likeness (QED) is 0.306. The molecule has 2 amide bonds. The molecule has 8 nitrogen and oxygen atoms in total. The van der Waals surface area contributed by atoms with Crippen LogP contribution in [-0.2, 0) is 6.54 Å². The normalized spacial score (nSPS) is 10.9. The second-order valence-corrected chi connectivity index (χ2v) is 6.69. The molecule has 3 rings (SSSR count). The van der Waals surface area contributed by atoms with Crippen molar-refractivity contribution >= 4 is 22.8 Å². The fraction of sp³-hybridized carbons (Fsp3) is 0.238. The largest absolute Gasteiger partial charge is 0.491 e. The van der Waals surface area contributed by atoms with Crippen molar-refractivity contribution in [3.8, 4) is 5.75 Å². The summed E-state index contributed by atoms with van der Waals surface area (Å²) < 4.78 is 11.4. The molecule has 2 aromatic carbocycles. The Hall–Kier alpha value is -3.36. The molecule has 0 saturated heterocycles. The lowest BCUT2D eigenvalue weighted by Crippen LogP contribution is -2.29. The minimum absolute atomic E-state index is 0.144. The smallest absolute Gasteiger partial charge is 0.287 e. The predicted octanol–water partition coefficient (Wildman–Crippen LogP) is 2.42. The molecular formula is C21H23N3O5. The van der Waals surface area contributed by atoms with Gasteiger partial charge in [0.15, 0.2) is 5.76 Å². The first-order valence-corrected chi connectivity index (χ1v) is 9.11. The number of amides is 2. The van der Waals surface area contributed by atoms with E-state index in [1.54, 1.807) is 23.7 Å². The van der Waals surface area contributed by atoms with Gasteiger partial charge in [-0.15, -0.1) is 0 Å². The summed E-state index contributed by atoms with van der Waals surface area (Å²) in [4.78, 5) is 26.3. The maximum absolute atomic E-state index is 12.7. The van der Waals surface area contributed by atoms with Crippen molar-refractivity contribution in [2.24, 2.45) is 0 Å². The van der Waals surface area contributed by atoms with Gasteiger partial charge in [-0.3, -0.25) is 14.8 Å². The van der Waals surface area contributed by atoms with Crippen molar-refractivity contribution in [1.82, 2.24) is 15.7 Å². The summed E-state index contributed by atoms with van der Waals surface area (Å²) in [7, 11) is 3.86. The highest BCUT2D eigenvalue weighted by Gasteiger charge is 2.20. The van der Waals surface area contributed by atoms with E-state index in [1.807, 2.05) is 43.3 Å². The van der Waals surface area contributed by atoms with Gasteiger partial charge in [-0.25, -0.2) is 5.48 Å². The van der Waals surface area contributed by atoms with Crippen molar-refractivity contribution in [3.05, 3.63) is 65.4 Å². The average Bonchev–Trinajstić information content (AvgIpc) is 3.09. The second kappa shape index (κ2) is 9.22. The number of para-hydroxylation sites is 2. The third-order valence-corrected chi connectivity index (χ3v) is 4.26. The molecular weight excluding hydrogens is 374 g/mol.